The van der Waals surface area contributed by atoms with Crippen LogP contribution in [0.15, 0.2) is 30.5 Å². The third-order valence-corrected chi connectivity index (χ3v) is 3.12. The SMILES string of the molecule is COc1ccc(C(C#N)C(=O)c2cn(C)nc2C)cc1. The summed E-state index contributed by atoms with van der Waals surface area (Å²) in [5.41, 5.74) is 1.77. The van der Waals surface area contributed by atoms with Gasteiger partial charge in [0.25, 0.3) is 0 Å². The summed E-state index contributed by atoms with van der Waals surface area (Å²) in [5.74, 6) is -0.373. The molecule has 0 fully saturated rings. The lowest BCUT2D eigenvalue weighted by atomic mass is 9.92. The molecule has 0 aliphatic heterocycles. The molecule has 0 saturated carbocycles. The minimum Gasteiger partial charge on any atom is -0.497 e. The van der Waals surface area contributed by atoms with Crippen molar-refractivity contribution in [2.75, 3.05) is 7.11 Å². The van der Waals surface area contributed by atoms with Crippen molar-refractivity contribution in [2.45, 2.75) is 12.8 Å². The highest BCUT2D eigenvalue weighted by molar-refractivity contribution is 6.03. The Bertz CT molecular complexity index is 665. The van der Waals surface area contributed by atoms with Crippen molar-refractivity contribution >= 4 is 5.78 Å². The van der Waals surface area contributed by atoms with Crippen LogP contribution in [0.3, 0.4) is 0 Å². The Kier molecular flexibility index (Phi) is 3.85. The second-order valence-electron chi connectivity index (χ2n) is 4.50. The van der Waals surface area contributed by atoms with E-state index >= 15 is 0 Å². The molecule has 5 heteroatoms. The Balaban J connectivity index is 2.34. The van der Waals surface area contributed by atoms with Crippen molar-refractivity contribution in [2.24, 2.45) is 7.05 Å². The molecule has 102 valence electrons. The van der Waals surface area contributed by atoms with E-state index in [1.54, 1.807) is 56.2 Å². The molecule has 2 aromatic rings. The number of hydrogen-bond donors (Lipinski definition) is 0. The molecular formula is C15H15N3O2. The van der Waals surface area contributed by atoms with Crippen molar-refractivity contribution in [3.63, 3.8) is 0 Å². The molecule has 0 aliphatic carbocycles. The van der Waals surface area contributed by atoms with Crippen LogP contribution < -0.4 is 4.74 Å². The summed E-state index contributed by atoms with van der Waals surface area (Å²) in [4.78, 5) is 12.5. The normalized spacial score (nSPS) is 11.7. The number of nitrogens with zero attached hydrogens (tertiary/aromatic N) is 3. The molecule has 20 heavy (non-hydrogen) atoms. The van der Waals surface area contributed by atoms with Gasteiger partial charge in [-0.2, -0.15) is 10.4 Å². The van der Waals surface area contributed by atoms with Crippen LogP contribution in [0, 0.1) is 18.3 Å². The van der Waals surface area contributed by atoms with E-state index in [9.17, 15) is 10.1 Å². The first-order valence-corrected chi connectivity index (χ1v) is 6.15. The number of carbonyl (C=O) groups is 1. The van der Waals surface area contributed by atoms with Gasteiger partial charge in [-0.05, 0) is 24.6 Å². The van der Waals surface area contributed by atoms with Crippen molar-refractivity contribution < 1.29 is 9.53 Å². The average Bonchev–Trinajstić information content (AvgIpc) is 2.79. The smallest absolute Gasteiger partial charge is 0.187 e. The van der Waals surface area contributed by atoms with Crippen LogP contribution >= 0.6 is 0 Å². The van der Waals surface area contributed by atoms with Gasteiger partial charge in [-0.3, -0.25) is 9.48 Å². The van der Waals surface area contributed by atoms with Gasteiger partial charge in [0.2, 0.25) is 0 Å². The number of aromatic nitrogens is 2. The largest absolute Gasteiger partial charge is 0.497 e. The number of Topliss-reactive ketones (excluding diaryl/α,β-unsaturated/α-hetero) is 1. The molecule has 0 radical (unpaired) electrons. The van der Waals surface area contributed by atoms with E-state index in [1.807, 2.05) is 0 Å². The number of ketones is 1. The van der Waals surface area contributed by atoms with Crippen LogP contribution in [0.1, 0.15) is 27.5 Å². The first-order valence-electron chi connectivity index (χ1n) is 6.15. The van der Waals surface area contributed by atoms with Gasteiger partial charge < -0.3 is 4.74 Å². The van der Waals surface area contributed by atoms with Crippen LogP contribution in [-0.4, -0.2) is 22.7 Å². The topological polar surface area (TPSA) is 67.9 Å². The summed E-state index contributed by atoms with van der Waals surface area (Å²) >= 11 is 0. The predicted molar refractivity (Wildman–Crippen MR) is 73.6 cm³/mol. The van der Waals surface area contributed by atoms with Crippen molar-refractivity contribution in [1.29, 1.82) is 5.26 Å². The Morgan fingerprint density at radius 3 is 2.50 bits per heavy atom. The van der Waals surface area contributed by atoms with Gasteiger partial charge in [0, 0.05) is 13.2 Å². The highest BCUT2D eigenvalue weighted by Crippen LogP contribution is 2.23. The fourth-order valence-corrected chi connectivity index (χ4v) is 2.08. The molecule has 0 saturated heterocycles. The molecule has 0 amide bonds. The molecule has 2 rings (SSSR count). The minimum absolute atomic E-state index is 0.233. The lowest BCUT2D eigenvalue weighted by molar-refractivity contribution is 0.0978. The zero-order valence-electron chi connectivity index (χ0n) is 11.6. The quantitative estimate of drug-likeness (QED) is 0.798. The fourth-order valence-electron chi connectivity index (χ4n) is 2.08. The van der Waals surface area contributed by atoms with E-state index < -0.39 is 5.92 Å². The van der Waals surface area contributed by atoms with Crippen molar-refractivity contribution in [3.05, 3.63) is 47.3 Å². The van der Waals surface area contributed by atoms with Crippen molar-refractivity contribution in [3.8, 4) is 11.8 Å². The molecule has 0 aliphatic rings. The number of methoxy groups -OCH3 is 1. The molecular weight excluding hydrogens is 254 g/mol. The molecule has 1 unspecified atom stereocenters. The van der Waals surface area contributed by atoms with Gasteiger partial charge in [-0.1, -0.05) is 12.1 Å². The summed E-state index contributed by atoms with van der Waals surface area (Å²) < 4.78 is 6.64. The van der Waals surface area contributed by atoms with Crippen LogP contribution in [0.2, 0.25) is 0 Å². The average molecular weight is 269 g/mol. The minimum atomic E-state index is -0.830. The van der Waals surface area contributed by atoms with E-state index in [1.165, 1.54) is 0 Å². The second kappa shape index (κ2) is 5.57. The van der Waals surface area contributed by atoms with Crippen molar-refractivity contribution in [1.82, 2.24) is 9.78 Å². The molecule has 1 atom stereocenters. The van der Waals surface area contributed by atoms with Gasteiger partial charge in [0.05, 0.1) is 24.4 Å². The number of carbonyl (C=O) groups excluding carboxylic acids is 1. The van der Waals surface area contributed by atoms with E-state index in [-0.39, 0.29) is 5.78 Å². The van der Waals surface area contributed by atoms with E-state index in [0.29, 0.717) is 22.6 Å². The standard InChI is InChI=1S/C15H15N3O2/c1-10-14(9-18(2)17-10)15(19)13(8-16)11-4-6-12(20-3)7-5-11/h4-7,9,13H,1-3H3. The Labute approximate surface area is 117 Å². The lowest BCUT2D eigenvalue weighted by Crippen LogP contribution is -2.11. The van der Waals surface area contributed by atoms with Gasteiger partial charge in [0.1, 0.15) is 11.7 Å². The Morgan fingerprint density at radius 2 is 2.05 bits per heavy atom. The monoisotopic (exact) mass is 269 g/mol. The number of hydrogen-bond acceptors (Lipinski definition) is 4. The molecule has 0 N–H and O–H groups in total. The highest BCUT2D eigenvalue weighted by Gasteiger charge is 2.24. The van der Waals surface area contributed by atoms with Gasteiger partial charge in [0.15, 0.2) is 5.78 Å². The molecule has 5 nitrogen and oxygen atoms in total. The van der Waals surface area contributed by atoms with Gasteiger partial charge in [-0.15, -0.1) is 0 Å². The summed E-state index contributed by atoms with van der Waals surface area (Å²) in [6, 6.07) is 9.01. The van der Waals surface area contributed by atoms with E-state index in [2.05, 4.69) is 11.2 Å². The first-order chi connectivity index (χ1) is 9.56. The number of benzene rings is 1. The van der Waals surface area contributed by atoms with Gasteiger partial charge in [-0.25, -0.2) is 0 Å². The summed E-state index contributed by atoms with van der Waals surface area (Å²) in [6.07, 6.45) is 1.64. The third kappa shape index (κ3) is 2.54. The second-order valence-corrected chi connectivity index (χ2v) is 4.50. The maximum absolute atomic E-state index is 12.5. The number of nitriles is 1. The van der Waals surface area contributed by atoms with Crippen LogP contribution in [0.5, 0.6) is 5.75 Å². The fraction of sp³-hybridized carbons (Fsp3) is 0.267. The molecule has 0 bridgehead atoms. The van der Waals surface area contributed by atoms with Crippen LogP contribution in [0.25, 0.3) is 0 Å². The summed E-state index contributed by atoms with van der Waals surface area (Å²) in [5, 5.41) is 13.4. The van der Waals surface area contributed by atoms with E-state index in [0.717, 1.165) is 0 Å². The molecule has 1 aromatic carbocycles. The maximum atomic E-state index is 12.5. The highest BCUT2D eigenvalue weighted by atomic mass is 16.5. The lowest BCUT2D eigenvalue weighted by Gasteiger charge is -2.08. The Hall–Kier alpha value is -2.61. The maximum Gasteiger partial charge on any atom is 0.187 e. The third-order valence-electron chi connectivity index (χ3n) is 3.12. The van der Waals surface area contributed by atoms with Crippen LogP contribution in [0.4, 0.5) is 0 Å². The predicted octanol–water partition coefficient (Wildman–Crippen LogP) is 2.23. The molecule has 1 heterocycles. The Morgan fingerprint density at radius 1 is 1.40 bits per heavy atom. The summed E-state index contributed by atoms with van der Waals surface area (Å²) in [6.45, 7) is 1.76. The van der Waals surface area contributed by atoms with Gasteiger partial charge >= 0.3 is 0 Å². The first kappa shape index (κ1) is 13.8. The zero-order valence-corrected chi connectivity index (χ0v) is 11.6. The zero-order chi connectivity index (χ0) is 14.7. The number of ether oxygens (including phenoxy) is 1. The number of rotatable bonds is 4. The molecule has 1 aromatic heterocycles. The summed E-state index contributed by atoms with van der Waals surface area (Å²) in [7, 11) is 3.32. The van der Waals surface area contributed by atoms with E-state index in [4.69, 9.17) is 4.74 Å². The number of aryl methyl sites for hydroxylation is 2. The van der Waals surface area contributed by atoms with Crippen LogP contribution in [-0.2, 0) is 7.05 Å². The molecule has 0 spiro atoms.